The minimum atomic E-state index is 0.567. The van der Waals surface area contributed by atoms with Crippen molar-refractivity contribution < 1.29 is 4.74 Å². The van der Waals surface area contributed by atoms with Crippen molar-refractivity contribution in [2.45, 2.75) is 26.7 Å². The molecule has 2 nitrogen and oxygen atoms in total. The molecule has 19 heavy (non-hydrogen) atoms. The lowest BCUT2D eigenvalue weighted by atomic mass is 9.96. The molecule has 0 radical (unpaired) electrons. The Balaban J connectivity index is 2.42. The van der Waals surface area contributed by atoms with Gasteiger partial charge < -0.3 is 10.1 Å². The van der Waals surface area contributed by atoms with Crippen molar-refractivity contribution in [3.8, 4) is 0 Å². The van der Waals surface area contributed by atoms with E-state index in [4.69, 9.17) is 16.3 Å². The molecule has 1 rings (SSSR count). The molecule has 0 aliphatic heterocycles. The second kappa shape index (κ2) is 9.35. The second-order valence-electron chi connectivity index (χ2n) is 5.48. The van der Waals surface area contributed by atoms with Crippen molar-refractivity contribution >= 4 is 11.6 Å². The molecule has 0 aliphatic carbocycles. The zero-order valence-electron chi connectivity index (χ0n) is 12.3. The highest BCUT2D eigenvalue weighted by Crippen LogP contribution is 2.20. The topological polar surface area (TPSA) is 21.3 Å². The van der Waals surface area contributed by atoms with Gasteiger partial charge in [0.25, 0.3) is 0 Å². The Morgan fingerprint density at radius 3 is 2.63 bits per heavy atom. The summed E-state index contributed by atoms with van der Waals surface area (Å²) in [5.74, 6) is 1.17. The van der Waals surface area contributed by atoms with Gasteiger partial charge in [-0.2, -0.15) is 0 Å². The predicted molar refractivity (Wildman–Crippen MR) is 82.8 cm³/mol. The number of hydrogen-bond donors (Lipinski definition) is 1. The summed E-state index contributed by atoms with van der Waals surface area (Å²) in [5.41, 5.74) is 1.23. The Hall–Kier alpha value is -0.570. The quantitative estimate of drug-likeness (QED) is 0.697. The van der Waals surface area contributed by atoms with E-state index in [0.717, 1.165) is 37.6 Å². The Labute approximate surface area is 122 Å². The highest BCUT2D eigenvalue weighted by molar-refractivity contribution is 6.31. The minimum absolute atomic E-state index is 0.567. The van der Waals surface area contributed by atoms with E-state index in [1.807, 2.05) is 25.2 Å². The lowest BCUT2D eigenvalue weighted by molar-refractivity contribution is 0.0978. The molecule has 1 atom stereocenters. The average Bonchev–Trinajstić information content (AvgIpc) is 2.37. The van der Waals surface area contributed by atoms with Crippen molar-refractivity contribution in [3.63, 3.8) is 0 Å². The van der Waals surface area contributed by atoms with Crippen molar-refractivity contribution in [1.29, 1.82) is 0 Å². The first kappa shape index (κ1) is 16.5. The summed E-state index contributed by atoms with van der Waals surface area (Å²) in [4.78, 5) is 0. The number of benzene rings is 1. The fourth-order valence-corrected chi connectivity index (χ4v) is 2.32. The van der Waals surface area contributed by atoms with Crippen LogP contribution >= 0.6 is 11.6 Å². The largest absolute Gasteiger partial charge is 0.381 e. The number of hydrogen-bond acceptors (Lipinski definition) is 2. The van der Waals surface area contributed by atoms with Gasteiger partial charge in [-0.1, -0.05) is 43.6 Å². The van der Waals surface area contributed by atoms with Gasteiger partial charge in [0.15, 0.2) is 0 Å². The van der Waals surface area contributed by atoms with Gasteiger partial charge in [-0.25, -0.2) is 0 Å². The third-order valence-corrected chi connectivity index (χ3v) is 3.45. The van der Waals surface area contributed by atoms with Crippen LogP contribution in [0.1, 0.15) is 25.8 Å². The van der Waals surface area contributed by atoms with Gasteiger partial charge >= 0.3 is 0 Å². The third-order valence-electron chi connectivity index (χ3n) is 3.08. The maximum Gasteiger partial charge on any atom is 0.0488 e. The summed E-state index contributed by atoms with van der Waals surface area (Å²) in [6, 6.07) is 8.10. The van der Waals surface area contributed by atoms with E-state index >= 15 is 0 Å². The van der Waals surface area contributed by atoms with Crippen LogP contribution in [0.25, 0.3) is 0 Å². The highest BCUT2D eigenvalue weighted by Gasteiger charge is 2.11. The molecular formula is C16H26ClNO. The maximum atomic E-state index is 6.22. The van der Waals surface area contributed by atoms with Gasteiger partial charge in [0.2, 0.25) is 0 Å². The second-order valence-corrected chi connectivity index (χ2v) is 5.88. The molecule has 0 heterocycles. The minimum Gasteiger partial charge on any atom is -0.381 e. The number of nitrogens with one attached hydrogen (secondary N) is 1. The summed E-state index contributed by atoms with van der Waals surface area (Å²) < 4.78 is 5.68. The van der Waals surface area contributed by atoms with Crippen molar-refractivity contribution in [2.24, 2.45) is 11.8 Å². The average molecular weight is 284 g/mol. The van der Waals surface area contributed by atoms with Crippen LogP contribution in [0.2, 0.25) is 5.02 Å². The Morgan fingerprint density at radius 1 is 1.26 bits per heavy atom. The maximum absolute atomic E-state index is 6.22. The summed E-state index contributed by atoms with van der Waals surface area (Å²) in [6.45, 7) is 7.02. The summed E-state index contributed by atoms with van der Waals surface area (Å²) in [6.07, 6.45) is 2.07. The molecule has 0 saturated heterocycles. The van der Waals surface area contributed by atoms with Gasteiger partial charge in [0, 0.05) is 18.2 Å². The fraction of sp³-hybridized carbons (Fsp3) is 0.625. The molecule has 3 heteroatoms. The molecule has 0 amide bonds. The van der Waals surface area contributed by atoms with Crippen LogP contribution < -0.4 is 5.32 Å². The first-order chi connectivity index (χ1) is 9.13. The van der Waals surface area contributed by atoms with Crippen LogP contribution in [0, 0.1) is 11.8 Å². The van der Waals surface area contributed by atoms with Crippen LogP contribution in [-0.2, 0) is 11.2 Å². The standard InChI is InChI=1S/C16H26ClNO/c1-13(2)12-19-9-8-14(11-18-3)10-15-6-4-5-7-16(15)17/h4-7,13-14,18H,8-12H2,1-3H3. The molecule has 0 bridgehead atoms. The first-order valence-corrected chi connectivity index (χ1v) is 7.47. The molecule has 108 valence electrons. The van der Waals surface area contributed by atoms with E-state index in [0.29, 0.717) is 11.8 Å². The molecule has 0 aromatic heterocycles. The SMILES string of the molecule is CNCC(CCOCC(C)C)Cc1ccccc1Cl. The van der Waals surface area contributed by atoms with E-state index < -0.39 is 0 Å². The van der Waals surface area contributed by atoms with Crippen LogP contribution in [0.15, 0.2) is 24.3 Å². The van der Waals surface area contributed by atoms with Crippen molar-refractivity contribution in [2.75, 3.05) is 26.8 Å². The van der Waals surface area contributed by atoms with Crippen LogP contribution in [-0.4, -0.2) is 26.8 Å². The van der Waals surface area contributed by atoms with Crippen molar-refractivity contribution in [3.05, 3.63) is 34.9 Å². The molecule has 0 spiro atoms. The molecular weight excluding hydrogens is 258 g/mol. The first-order valence-electron chi connectivity index (χ1n) is 7.09. The molecule has 1 aromatic carbocycles. The van der Waals surface area contributed by atoms with Crippen molar-refractivity contribution in [1.82, 2.24) is 5.32 Å². The van der Waals surface area contributed by atoms with Crippen LogP contribution in [0.3, 0.4) is 0 Å². The van der Waals surface area contributed by atoms with Gasteiger partial charge in [-0.05, 0) is 49.9 Å². The number of halogens is 1. The monoisotopic (exact) mass is 283 g/mol. The molecule has 0 fully saturated rings. The zero-order chi connectivity index (χ0) is 14.1. The lowest BCUT2D eigenvalue weighted by Crippen LogP contribution is -2.22. The Kier molecular flexibility index (Phi) is 8.11. The van der Waals surface area contributed by atoms with E-state index in [-0.39, 0.29) is 0 Å². The highest BCUT2D eigenvalue weighted by atomic mass is 35.5. The number of rotatable bonds is 9. The van der Waals surface area contributed by atoms with Gasteiger partial charge in [0.1, 0.15) is 0 Å². The summed E-state index contributed by atoms with van der Waals surface area (Å²) >= 11 is 6.22. The lowest BCUT2D eigenvalue weighted by Gasteiger charge is -2.18. The summed E-state index contributed by atoms with van der Waals surface area (Å²) in [7, 11) is 1.99. The van der Waals surface area contributed by atoms with E-state index in [1.54, 1.807) is 0 Å². The van der Waals surface area contributed by atoms with Gasteiger partial charge in [-0.3, -0.25) is 0 Å². The Morgan fingerprint density at radius 2 is 2.00 bits per heavy atom. The predicted octanol–water partition coefficient (Wildman–Crippen LogP) is 3.78. The molecule has 0 saturated carbocycles. The fourth-order valence-electron chi connectivity index (χ4n) is 2.11. The normalized spacial score (nSPS) is 12.9. The Bertz CT molecular complexity index is 354. The van der Waals surface area contributed by atoms with E-state index in [1.165, 1.54) is 5.56 Å². The number of ether oxygens (including phenoxy) is 1. The molecule has 0 aliphatic rings. The van der Waals surface area contributed by atoms with Gasteiger partial charge in [0.05, 0.1) is 0 Å². The molecule has 1 N–H and O–H groups in total. The molecule has 1 aromatic rings. The third kappa shape index (κ3) is 6.95. The smallest absolute Gasteiger partial charge is 0.0488 e. The van der Waals surface area contributed by atoms with E-state index in [2.05, 4.69) is 25.2 Å². The van der Waals surface area contributed by atoms with Crippen LogP contribution in [0.5, 0.6) is 0 Å². The molecule has 1 unspecified atom stereocenters. The van der Waals surface area contributed by atoms with E-state index in [9.17, 15) is 0 Å². The van der Waals surface area contributed by atoms with Gasteiger partial charge in [-0.15, -0.1) is 0 Å². The zero-order valence-corrected chi connectivity index (χ0v) is 13.0. The summed E-state index contributed by atoms with van der Waals surface area (Å²) in [5, 5.41) is 4.13. The van der Waals surface area contributed by atoms with Crippen LogP contribution in [0.4, 0.5) is 0 Å².